The van der Waals surface area contributed by atoms with Crippen LogP contribution in [0.5, 0.6) is 0 Å². The molecule has 2 aromatic rings. The molecule has 0 aliphatic heterocycles. The zero-order chi connectivity index (χ0) is 27.4. The average molecular weight is 531 g/mol. The molecule has 37 heavy (non-hydrogen) atoms. The number of aliphatic hydroxyl groups excluding tert-OH is 1. The van der Waals surface area contributed by atoms with Gasteiger partial charge in [-0.3, -0.25) is 14.6 Å². The highest BCUT2D eigenvalue weighted by atomic mass is 32.1. The second-order valence-electron chi connectivity index (χ2n) is 9.64. The lowest BCUT2D eigenvalue weighted by Crippen LogP contribution is -2.50. The van der Waals surface area contributed by atoms with Crippen molar-refractivity contribution >= 4 is 29.7 Å². The molecule has 0 fully saturated rings. The summed E-state index contributed by atoms with van der Waals surface area (Å²) in [5.74, 6) is 0.245. The predicted molar refractivity (Wildman–Crippen MR) is 149 cm³/mol. The van der Waals surface area contributed by atoms with E-state index in [0.29, 0.717) is 25.1 Å². The standard InChI is InChI=1S/C27H42N6O3S/c1-7-15-33(18-28-5)25(19(2)3)27(36)32(6)16-9-8-10-24(35)29-20(4)21-11-13-22(14-12-21)26-23(17-34)30-31-37-26/h11-14,18-20,25,34H,7-10,15-17H2,1-6H3,(H,29,35)/b28-18-/t20?,25-/m0/s1. The second-order valence-corrected chi connectivity index (χ2v) is 10.4. The fourth-order valence-electron chi connectivity index (χ4n) is 4.31. The summed E-state index contributed by atoms with van der Waals surface area (Å²) in [5, 5.41) is 16.4. The quantitative estimate of drug-likeness (QED) is 0.205. The van der Waals surface area contributed by atoms with Gasteiger partial charge in [-0.05, 0) is 54.8 Å². The number of nitrogens with zero attached hydrogens (tertiary/aromatic N) is 5. The van der Waals surface area contributed by atoms with E-state index in [2.05, 4.69) is 40.7 Å². The molecular weight excluding hydrogens is 488 g/mol. The SMILES string of the molecule is CCCN(/C=N\C)[C@H](C(=O)N(C)CCCCC(=O)NC(C)c1ccc(-c2snnc2CO)cc1)C(C)C. The van der Waals surface area contributed by atoms with E-state index in [9.17, 15) is 14.7 Å². The first-order valence-electron chi connectivity index (χ1n) is 13.0. The molecule has 0 saturated carbocycles. The molecule has 1 aromatic heterocycles. The number of aliphatic hydroxyl groups is 1. The summed E-state index contributed by atoms with van der Waals surface area (Å²) in [4.78, 5) is 34.5. The van der Waals surface area contributed by atoms with Gasteiger partial charge in [0.2, 0.25) is 11.8 Å². The van der Waals surface area contributed by atoms with Gasteiger partial charge in [-0.25, -0.2) is 0 Å². The Morgan fingerprint density at radius 2 is 1.86 bits per heavy atom. The molecule has 9 nitrogen and oxygen atoms in total. The normalized spacial score (nSPS) is 13.1. The molecule has 10 heteroatoms. The molecule has 2 N–H and O–H groups in total. The molecule has 2 rings (SSSR count). The van der Waals surface area contributed by atoms with Crippen molar-refractivity contribution in [1.82, 2.24) is 24.7 Å². The molecule has 0 aliphatic rings. The monoisotopic (exact) mass is 530 g/mol. The van der Waals surface area contributed by atoms with Gasteiger partial charge in [-0.1, -0.05) is 49.5 Å². The number of nitrogens with one attached hydrogen (secondary N) is 1. The molecule has 1 heterocycles. The first-order chi connectivity index (χ1) is 17.7. The summed E-state index contributed by atoms with van der Waals surface area (Å²) in [6.45, 7) is 9.42. The van der Waals surface area contributed by atoms with E-state index in [0.717, 1.165) is 35.4 Å². The van der Waals surface area contributed by atoms with Crippen LogP contribution in [0.3, 0.4) is 0 Å². The highest BCUT2D eigenvalue weighted by Crippen LogP contribution is 2.27. The average Bonchev–Trinajstić information content (AvgIpc) is 3.35. The van der Waals surface area contributed by atoms with E-state index in [1.165, 1.54) is 11.5 Å². The van der Waals surface area contributed by atoms with Gasteiger partial charge in [0.1, 0.15) is 11.7 Å². The summed E-state index contributed by atoms with van der Waals surface area (Å²) in [7, 11) is 3.56. The Kier molecular flexibility index (Phi) is 12.7. The van der Waals surface area contributed by atoms with E-state index < -0.39 is 0 Å². The number of carbonyl (C=O) groups is 2. The number of hydrogen-bond acceptors (Lipinski definition) is 7. The van der Waals surface area contributed by atoms with Gasteiger partial charge in [-0.15, -0.1) is 5.10 Å². The molecule has 1 unspecified atom stereocenters. The van der Waals surface area contributed by atoms with Crippen LogP contribution in [0, 0.1) is 5.92 Å². The largest absolute Gasteiger partial charge is 0.390 e. The Hall–Kier alpha value is -2.85. The lowest BCUT2D eigenvalue weighted by Gasteiger charge is -2.34. The Morgan fingerprint density at radius 1 is 1.16 bits per heavy atom. The summed E-state index contributed by atoms with van der Waals surface area (Å²) >= 11 is 1.25. The molecular formula is C27H42N6O3S. The third kappa shape index (κ3) is 8.89. The summed E-state index contributed by atoms with van der Waals surface area (Å²) in [5.41, 5.74) is 2.51. The van der Waals surface area contributed by atoms with Gasteiger partial charge >= 0.3 is 0 Å². The number of aliphatic imine (C=N–C) groups is 1. The number of benzene rings is 1. The van der Waals surface area contributed by atoms with Crippen molar-refractivity contribution in [2.75, 3.05) is 27.2 Å². The van der Waals surface area contributed by atoms with E-state index in [4.69, 9.17) is 0 Å². The highest BCUT2D eigenvalue weighted by molar-refractivity contribution is 7.09. The molecule has 1 aromatic carbocycles. The lowest BCUT2D eigenvalue weighted by atomic mass is 10.0. The van der Waals surface area contributed by atoms with E-state index >= 15 is 0 Å². The van der Waals surface area contributed by atoms with Gasteiger partial charge in [0, 0.05) is 33.6 Å². The van der Waals surface area contributed by atoms with Gasteiger partial charge in [0.15, 0.2) is 0 Å². The maximum atomic E-state index is 13.2. The molecule has 0 aliphatic carbocycles. The van der Waals surface area contributed by atoms with E-state index in [1.807, 2.05) is 43.1 Å². The summed E-state index contributed by atoms with van der Waals surface area (Å²) < 4.78 is 3.91. The van der Waals surface area contributed by atoms with Crippen molar-refractivity contribution in [3.63, 3.8) is 0 Å². The molecule has 0 bridgehead atoms. The van der Waals surface area contributed by atoms with Crippen molar-refractivity contribution in [2.24, 2.45) is 10.9 Å². The van der Waals surface area contributed by atoms with Crippen LogP contribution in [0.4, 0.5) is 0 Å². The van der Waals surface area contributed by atoms with Crippen LogP contribution < -0.4 is 5.32 Å². The van der Waals surface area contributed by atoms with Crippen LogP contribution in [0.2, 0.25) is 0 Å². The minimum atomic E-state index is -0.244. The van der Waals surface area contributed by atoms with Gasteiger partial charge in [0.25, 0.3) is 0 Å². The van der Waals surface area contributed by atoms with Crippen molar-refractivity contribution in [3.8, 4) is 10.4 Å². The minimum absolute atomic E-state index is 0.00638. The number of carbonyl (C=O) groups excluding carboxylic acids is 2. The Bertz CT molecular complexity index is 1010. The fourth-order valence-corrected chi connectivity index (χ4v) is 4.98. The smallest absolute Gasteiger partial charge is 0.245 e. The molecule has 2 atom stereocenters. The maximum Gasteiger partial charge on any atom is 0.245 e. The molecule has 2 amide bonds. The zero-order valence-corrected chi connectivity index (χ0v) is 23.8. The van der Waals surface area contributed by atoms with Crippen LogP contribution in [-0.2, 0) is 16.2 Å². The number of unbranched alkanes of at least 4 members (excludes halogenated alkanes) is 1. The number of amides is 2. The Morgan fingerprint density at radius 3 is 2.46 bits per heavy atom. The summed E-state index contributed by atoms with van der Waals surface area (Å²) in [6, 6.07) is 7.48. The number of likely N-dealkylation sites (N-methyl/N-ethyl adjacent to an activating group) is 1. The molecule has 0 spiro atoms. The topological polar surface area (TPSA) is 111 Å². The lowest BCUT2D eigenvalue weighted by molar-refractivity contribution is -0.135. The third-order valence-electron chi connectivity index (χ3n) is 6.27. The predicted octanol–water partition coefficient (Wildman–Crippen LogP) is 3.90. The minimum Gasteiger partial charge on any atom is -0.390 e. The number of aromatic nitrogens is 2. The summed E-state index contributed by atoms with van der Waals surface area (Å²) in [6.07, 6.45) is 4.59. The fraction of sp³-hybridized carbons (Fsp3) is 0.593. The highest BCUT2D eigenvalue weighted by Gasteiger charge is 2.29. The molecule has 204 valence electrons. The second kappa shape index (κ2) is 15.4. The van der Waals surface area contributed by atoms with E-state index in [1.54, 1.807) is 18.3 Å². The van der Waals surface area contributed by atoms with Crippen LogP contribution in [-0.4, -0.2) is 75.9 Å². The van der Waals surface area contributed by atoms with Crippen LogP contribution >= 0.6 is 11.5 Å². The van der Waals surface area contributed by atoms with Gasteiger partial charge < -0.3 is 20.2 Å². The van der Waals surface area contributed by atoms with Gasteiger partial charge in [0.05, 0.1) is 23.9 Å². The first-order valence-corrected chi connectivity index (χ1v) is 13.8. The molecule has 0 saturated heterocycles. The number of rotatable bonds is 15. The maximum absolute atomic E-state index is 13.2. The van der Waals surface area contributed by atoms with E-state index in [-0.39, 0.29) is 36.4 Å². The van der Waals surface area contributed by atoms with Crippen LogP contribution in [0.15, 0.2) is 29.3 Å². The third-order valence-corrected chi connectivity index (χ3v) is 7.08. The molecule has 0 radical (unpaired) electrons. The van der Waals surface area contributed by atoms with Crippen molar-refractivity contribution in [1.29, 1.82) is 0 Å². The first kappa shape index (κ1) is 30.4. The Balaban J connectivity index is 1.81. The zero-order valence-electron chi connectivity index (χ0n) is 23.0. The van der Waals surface area contributed by atoms with Crippen molar-refractivity contribution in [3.05, 3.63) is 35.5 Å². The van der Waals surface area contributed by atoms with Crippen LogP contribution in [0.25, 0.3) is 10.4 Å². The van der Waals surface area contributed by atoms with Gasteiger partial charge in [-0.2, -0.15) is 0 Å². The van der Waals surface area contributed by atoms with Crippen molar-refractivity contribution < 1.29 is 14.7 Å². The number of hydrogen-bond donors (Lipinski definition) is 2. The Labute approximate surface area is 225 Å². The van der Waals surface area contributed by atoms with Crippen molar-refractivity contribution in [2.45, 2.75) is 72.1 Å². The van der Waals surface area contributed by atoms with Crippen LogP contribution in [0.1, 0.15) is 70.7 Å².